The maximum atomic E-state index is 11.5. The Morgan fingerprint density at radius 2 is 2.28 bits per heavy atom. The van der Waals surface area contributed by atoms with E-state index in [-0.39, 0.29) is 17.4 Å². The first-order chi connectivity index (χ1) is 8.54. The summed E-state index contributed by atoms with van der Waals surface area (Å²) in [6.45, 7) is 5.66. The van der Waals surface area contributed by atoms with E-state index in [1.165, 1.54) is 0 Å². The van der Waals surface area contributed by atoms with E-state index < -0.39 is 0 Å². The van der Waals surface area contributed by atoms with Crippen molar-refractivity contribution in [3.8, 4) is 0 Å². The van der Waals surface area contributed by atoms with Gasteiger partial charge in [0.05, 0.1) is 17.6 Å². The fraction of sp³-hybridized carbons (Fsp3) is 0.692. The van der Waals surface area contributed by atoms with Crippen molar-refractivity contribution in [2.45, 2.75) is 38.8 Å². The van der Waals surface area contributed by atoms with Crippen LogP contribution in [0.25, 0.3) is 0 Å². The number of nitrogens with zero attached hydrogens (tertiary/aromatic N) is 2. The van der Waals surface area contributed by atoms with Gasteiger partial charge in [-0.25, -0.2) is 4.98 Å². The molecule has 5 nitrogen and oxygen atoms in total. The third-order valence-electron chi connectivity index (χ3n) is 3.58. The quantitative estimate of drug-likeness (QED) is 0.787. The van der Waals surface area contributed by atoms with E-state index in [2.05, 4.69) is 34.0 Å². The van der Waals surface area contributed by atoms with Crippen LogP contribution in [0, 0.1) is 5.92 Å². The van der Waals surface area contributed by atoms with E-state index in [0.717, 1.165) is 25.1 Å². The van der Waals surface area contributed by atoms with Crippen LogP contribution in [0.3, 0.4) is 0 Å². The average molecular weight is 250 g/mol. The Bertz CT molecular complexity index is 420. The minimum Gasteiger partial charge on any atom is -0.354 e. The van der Waals surface area contributed by atoms with E-state index >= 15 is 0 Å². The third-order valence-corrected chi connectivity index (χ3v) is 3.58. The van der Waals surface area contributed by atoms with Crippen molar-refractivity contribution in [2.75, 3.05) is 13.6 Å². The molecule has 0 saturated heterocycles. The first kappa shape index (κ1) is 13.1. The molecule has 1 aromatic rings. The molecule has 1 aromatic heterocycles. The Morgan fingerprint density at radius 3 is 2.89 bits per heavy atom. The molecular formula is C13H22N4O. The molecule has 1 aliphatic rings. The molecule has 0 radical (unpaired) electrons. The maximum Gasteiger partial charge on any atom is 0.223 e. The van der Waals surface area contributed by atoms with Gasteiger partial charge in [0.25, 0.3) is 0 Å². The van der Waals surface area contributed by atoms with Crippen molar-refractivity contribution in [1.29, 1.82) is 0 Å². The van der Waals surface area contributed by atoms with Crippen molar-refractivity contribution in [1.82, 2.24) is 20.2 Å². The molecular weight excluding hydrogens is 228 g/mol. The molecule has 2 N–H and O–H groups in total. The van der Waals surface area contributed by atoms with Crippen molar-refractivity contribution >= 4 is 5.91 Å². The lowest BCUT2D eigenvalue weighted by Gasteiger charge is -2.25. The lowest BCUT2D eigenvalue weighted by molar-refractivity contribution is -0.122. The summed E-state index contributed by atoms with van der Waals surface area (Å²) in [5.41, 5.74) is 1.02. The SMILES string of the molecule is CNC(C)(C)c1cncn1CCNC(=O)C1CC1. The van der Waals surface area contributed by atoms with Crippen molar-refractivity contribution in [2.24, 2.45) is 5.92 Å². The zero-order chi connectivity index (χ0) is 13.2. The summed E-state index contributed by atoms with van der Waals surface area (Å²) >= 11 is 0. The van der Waals surface area contributed by atoms with E-state index in [9.17, 15) is 4.79 Å². The minimum atomic E-state index is -0.114. The Hall–Kier alpha value is -1.36. The largest absolute Gasteiger partial charge is 0.354 e. The predicted octanol–water partition coefficient (Wildman–Crippen LogP) is 0.864. The molecule has 18 heavy (non-hydrogen) atoms. The van der Waals surface area contributed by atoms with E-state index in [1.54, 1.807) is 0 Å². The van der Waals surface area contributed by atoms with E-state index in [0.29, 0.717) is 6.54 Å². The Balaban J connectivity index is 1.89. The van der Waals surface area contributed by atoms with Gasteiger partial charge in [-0.05, 0) is 33.7 Å². The van der Waals surface area contributed by atoms with Gasteiger partial charge in [-0.15, -0.1) is 0 Å². The summed E-state index contributed by atoms with van der Waals surface area (Å²) in [7, 11) is 1.94. The maximum absolute atomic E-state index is 11.5. The number of nitrogens with one attached hydrogen (secondary N) is 2. The standard InChI is InChI=1S/C13H22N4O/c1-13(2,14-3)11-8-15-9-17(11)7-6-16-12(18)10-4-5-10/h8-10,14H,4-7H2,1-3H3,(H,16,18). The molecule has 1 aliphatic carbocycles. The minimum absolute atomic E-state index is 0.114. The van der Waals surface area contributed by atoms with Gasteiger partial charge in [0, 0.05) is 25.2 Å². The molecule has 1 fully saturated rings. The lowest BCUT2D eigenvalue weighted by Crippen LogP contribution is -2.36. The summed E-state index contributed by atoms with van der Waals surface area (Å²) in [6.07, 6.45) is 5.79. The van der Waals surface area contributed by atoms with Crippen LogP contribution < -0.4 is 10.6 Å². The fourth-order valence-electron chi connectivity index (χ4n) is 1.94. The molecule has 1 heterocycles. The summed E-state index contributed by atoms with van der Waals surface area (Å²) in [4.78, 5) is 15.7. The zero-order valence-electron chi connectivity index (χ0n) is 11.4. The molecule has 5 heteroatoms. The fourth-order valence-corrected chi connectivity index (χ4v) is 1.94. The van der Waals surface area contributed by atoms with Crippen molar-refractivity contribution < 1.29 is 4.79 Å². The second kappa shape index (κ2) is 5.10. The van der Waals surface area contributed by atoms with Crippen LogP contribution >= 0.6 is 0 Å². The zero-order valence-corrected chi connectivity index (χ0v) is 11.4. The summed E-state index contributed by atoms with van der Waals surface area (Å²) in [6, 6.07) is 0. The average Bonchev–Trinajstić information content (AvgIpc) is 3.09. The van der Waals surface area contributed by atoms with Crippen LogP contribution in [0.5, 0.6) is 0 Å². The Labute approximate surface area is 108 Å². The van der Waals surface area contributed by atoms with Gasteiger partial charge in [0.1, 0.15) is 0 Å². The number of hydrogen-bond acceptors (Lipinski definition) is 3. The molecule has 100 valence electrons. The summed E-state index contributed by atoms with van der Waals surface area (Å²) in [5.74, 6) is 0.477. The van der Waals surface area contributed by atoms with E-state index in [4.69, 9.17) is 0 Å². The van der Waals surface area contributed by atoms with Crippen LogP contribution in [0.2, 0.25) is 0 Å². The normalized spacial score (nSPS) is 15.7. The van der Waals surface area contributed by atoms with E-state index in [1.807, 2.05) is 19.6 Å². The summed E-state index contributed by atoms with van der Waals surface area (Å²) in [5, 5.41) is 6.23. The number of carbonyl (C=O) groups is 1. The molecule has 0 spiro atoms. The van der Waals surface area contributed by atoms with Gasteiger partial charge in [0.15, 0.2) is 0 Å². The van der Waals surface area contributed by atoms with Gasteiger partial charge in [-0.2, -0.15) is 0 Å². The topological polar surface area (TPSA) is 59.0 Å². The smallest absolute Gasteiger partial charge is 0.223 e. The van der Waals surface area contributed by atoms with Crippen LogP contribution in [0.4, 0.5) is 0 Å². The van der Waals surface area contributed by atoms with Gasteiger partial charge in [-0.3, -0.25) is 4.79 Å². The first-order valence-corrected chi connectivity index (χ1v) is 6.52. The van der Waals surface area contributed by atoms with Crippen LogP contribution in [0.15, 0.2) is 12.5 Å². The summed E-state index contributed by atoms with van der Waals surface area (Å²) < 4.78 is 2.09. The highest BCUT2D eigenvalue weighted by atomic mass is 16.2. The highest BCUT2D eigenvalue weighted by Crippen LogP contribution is 2.28. The number of carbonyl (C=O) groups excluding carboxylic acids is 1. The molecule has 0 atom stereocenters. The molecule has 0 aliphatic heterocycles. The molecule has 0 bridgehead atoms. The lowest BCUT2D eigenvalue weighted by atomic mass is 10.0. The third kappa shape index (κ3) is 2.90. The van der Waals surface area contributed by atoms with Crippen molar-refractivity contribution in [3.05, 3.63) is 18.2 Å². The molecule has 0 aromatic carbocycles. The Morgan fingerprint density at radius 1 is 1.56 bits per heavy atom. The molecule has 1 saturated carbocycles. The number of rotatable bonds is 6. The first-order valence-electron chi connectivity index (χ1n) is 6.52. The van der Waals surface area contributed by atoms with Crippen LogP contribution in [-0.2, 0) is 16.9 Å². The second-order valence-corrected chi connectivity index (χ2v) is 5.41. The monoisotopic (exact) mass is 250 g/mol. The van der Waals surface area contributed by atoms with Gasteiger partial charge in [-0.1, -0.05) is 0 Å². The van der Waals surface area contributed by atoms with Crippen LogP contribution in [-0.4, -0.2) is 29.1 Å². The van der Waals surface area contributed by atoms with Gasteiger partial charge >= 0.3 is 0 Å². The number of hydrogen-bond donors (Lipinski definition) is 2. The predicted molar refractivity (Wildman–Crippen MR) is 70.0 cm³/mol. The highest BCUT2D eigenvalue weighted by molar-refractivity contribution is 5.80. The van der Waals surface area contributed by atoms with Crippen LogP contribution in [0.1, 0.15) is 32.4 Å². The molecule has 2 rings (SSSR count). The molecule has 1 amide bonds. The second-order valence-electron chi connectivity index (χ2n) is 5.41. The number of imidazole rings is 1. The van der Waals surface area contributed by atoms with Gasteiger partial charge in [0.2, 0.25) is 5.91 Å². The number of amides is 1. The van der Waals surface area contributed by atoms with Gasteiger partial charge < -0.3 is 15.2 Å². The number of aromatic nitrogens is 2. The molecule has 0 unspecified atom stereocenters. The van der Waals surface area contributed by atoms with Crippen molar-refractivity contribution in [3.63, 3.8) is 0 Å². The Kier molecular flexibility index (Phi) is 3.71. The highest BCUT2D eigenvalue weighted by Gasteiger charge is 2.29.